The van der Waals surface area contributed by atoms with Crippen molar-refractivity contribution in [2.75, 3.05) is 20.8 Å². The Bertz CT molecular complexity index is 402. The first-order chi connectivity index (χ1) is 7.65. The quantitative estimate of drug-likeness (QED) is 0.882. The van der Waals surface area contributed by atoms with Gasteiger partial charge in [-0.3, -0.25) is 0 Å². The van der Waals surface area contributed by atoms with Crippen molar-refractivity contribution >= 4 is 17.7 Å². The molecule has 0 aliphatic rings. The SMILES string of the molecule is COc1c(Cl)cc(/C=C/CN)c(OC)c1C. The molecule has 1 aromatic carbocycles. The summed E-state index contributed by atoms with van der Waals surface area (Å²) in [5, 5.41) is 0.567. The third-order valence-corrected chi connectivity index (χ3v) is 2.57. The lowest BCUT2D eigenvalue weighted by molar-refractivity contribution is 0.388. The van der Waals surface area contributed by atoms with Gasteiger partial charge in [0.05, 0.1) is 19.2 Å². The van der Waals surface area contributed by atoms with Crippen LogP contribution in [0.5, 0.6) is 11.5 Å². The fourth-order valence-corrected chi connectivity index (χ4v) is 1.94. The minimum absolute atomic E-state index is 0.478. The number of ether oxygens (including phenoxy) is 2. The van der Waals surface area contributed by atoms with Gasteiger partial charge in [-0.2, -0.15) is 0 Å². The zero-order valence-electron chi connectivity index (χ0n) is 9.71. The molecule has 0 unspecified atom stereocenters. The summed E-state index contributed by atoms with van der Waals surface area (Å²) in [5.41, 5.74) is 7.20. The Balaban J connectivity index is 3.34. The van der Waals surface area contributed by atoms with E-state index < -0.39 is 0 Å². The molecule has 0 saturated carbocycles. The van der Waals surface area contributed by atoms with Crippen LogP contribution in [-0.4, -0.2) is 20.8 Å². The van der Waals surface area contributed by atoms with E-state index in [2.05, 4.69) is 0 Å². The Morgan fingerprint density at radius 3 is 2.44 bits per heavy atom. The molecule has 88 valence electrons. The predicted molar refractivity (Wildman–Crippen MR) is 67.4 cm³/mol. The Morgan fingerprint density at radius 1 is 1.31 bits per heavy atom. The van der Waals surface area contributed by atoms with E-state index in [1.54, 1.807) is 20.3 Å². The van der Waals surface area contributed by atoms with Crippen LogP contribution in [0.2, 0.25) is 5.02 Å². The highest BCUT2D eigenvalue weighted by atomic mass is 35.5. The van der Waals surface area contributed by atoms with Crippen molar-refractivity contribution in [1.29, 1.82) is 0 Å². The maximum absolute atomic E-state index is 6.10. The zero-order valence-corrected chi connectivity index (χ0v) is 10.5. The van der Waals surface area contributed by atoms with Crippen LogP contribution in [0.4, 0.5) is 0 Å². The van der Waals surface area contributed by atoms with Crippen LogP contribution in [0.3, 0.4) is 0 Å². The second-order valence-electron chi connectivity index (χ2n) is 3.28. The summed E-state index contributed by atoms with van der Waals surface area (Å²) in [6.45, 7) is 2.38. The van der Waals surface area contributed by atoms with E-state index in [4.69, 9.17) is 26.8 Å². The molecule has 0 heterocycles. The predicted octanol–water partition coefficient (Wildman–Crippen LogP) is 2.64. The lowest BCUT2D eigenvalue weighted by Crippen LogP contribution is -1.97. The molecule has 1 aromatic rings. The maximum atomic E-state index is 6.10. The van der Waals surface area contributed by atoms with Crippen LogP contribution in [0.15, 0.2) is 12.1 Å². The first-order valence-electron chi connectivity index (χ1n) is 4.93. The molecule has 2 N–H and O–H groups in total. The minimum atomic E-state index is 0.478. The normalized spacial score (nSPS) is 10.8. The Labute approximate surface area is 101 Å². The molecule has 0 radical (unpaired) electrons. The molecule has 1 rings (SSSR count). The highest BCUT2D eigenvalue weighted by Gasteiger charge is 2.13. The molecule has 0 aliphatic heterocycles. The van der Waals surface area contributed by atoms with Crippen LogP contribution < -0.4 is 15.2 Å². The minimum Gasteiger partial charge on any atom is -0.496 e. The van der Waals surface area contributed by atoms with Crippen molar-refractivity contribution in [3.05, 3.63) is 28.3 Å². The van der Waals surface area contributed by atoms with Crippen LogP contribution in [-0.2, 0) is 0 Å². The standard InChI is InChI=1S/C12H16ClNO2/c1-8-11(15-2)9(5-4-6-14)7-10(13)12(8)16-3/h4-5,7H,6,14H2,1-3H3/b5-4+. The van der Waals surface area contributed by atoms with Gasteiger partial charge in [0.1, 0.15) is 11.5 Å². The first-order valence-corrected chi connectivity index (χ1v) is 5.31. The van der Waals surface area contributed by atoms with Gasteiger partial charge in [0, 0.05) is 17.7 Å². The molecular formula is C12H16ClNO2. The third-order valence-electron chi connectivity index (χ3n) is 2.28. The van der Waals surface area contributed by atoms with Gasteiger partial charge in [-0.1, -0.05) is 23.8 Å². The zero-order chi connectivity index (χ0) is 12.1. The summed E-state index contributed by atoms with van der Waals surface area (Å²) in [7, 11) is 3.21. The van der Waals surface area contributed by atoms with Crippen LogP contribution in [0.25, 0.3) is 6.08 Å². The molecule has 4 heteroatoms. The van der Waals surface area contributed by atoms with Crippen LogP contribution in [0.1, 0.15) is 11.1 Å². The summed E-state index contributed by atoms with van der Waals surface area (Å²) < 4.78 is 10.6. The van der Waals surface area contributed by atoms with Gasteiger partial charge in [0.25, 0.3) is 0 Å². The van der Waals surface area contributed by atoms with E-state index in [1.807, 2.05) is 19.1 Å². The van der Waals surface area contributed by atoms with Gasteiger partial charge in [0.2, 0.25) is 0 Å². The molecule has 0 saturated heterocycles. The molecule has 0 spiro atoms. The summed E-state index contributed by atoms with van der Waals surface area (Å²) >= 11 is 6.10. The molecule has 0 amide bonds. The maximum Gasteiger partial charge on any atom is 0.144 e. The summed E-state index contributed by atoms with van der Waals surface area (Å²) in [5.74, 6) is 1.40. The van der Waals surface area contributed by atoms with Crippen molar-refractivity contribution in [3.8, 4) is 11.5 Å². The number of methoxy groups -OCH3 is 2. The van der Waals surface area contributed by atoms with Crippen LogP contribution >= 0.6 is 11.6 Å². The average Bonchev–Trinajstić information content (AvgIpc) is 2.26. The average molecular weight is 242 g/mol. The lowest BCUT2D eigenvalue weighted by Gasteiger charge is -2.14. The van der Waals surface area contributed by atoms with Gasteiger partial charge in [-0.15, -0.1) is 0 Å². The van der Waals surface area contributed by atoms with Gasteiger partial charge < -0.3 is 15.2 Å². The van der Waals surface area contributed by atoms with Gasteiger partial charge in [-0.05, 0) is 13.0 Å². The topological polar surface area (TPSA) is 44.5 Å². The monoisotopic (exact) mass is 241 g/mol. The Morgan fingerprint density at radius 2 is 1.94 bits per heavy atom. The van der Waals surface area contributed by atoms with E-state index in [0.29, 0.717) is 17.3 Å². The van der Waals surface area contributed by atoms with Crippen LogP contribution in [0, 0.1) is 6.92 Å². The fraction of sp³-hybridized carbons (Fsp3) is 0.333. The van der Waals surface area contributed by atoms with E-state index in [0.717, 1.165) is 16.9 Å². The number of rotatable bonds is 4. The van der Waals surface area contributed by atoms with Crippen molar-refractivity contribution in [1.82, 2.24) is 0 Å². The number of benzene rings is 1. The Kier molecular flexibility index (Phi) is 4.65. The highest BCUT2D eigenvalue weighted by molar-refractivity contribution is 6.32. The van der Waals surface area contributed by atoms with Crippen molar-refractivity contribution in [2.24, 2.45) is 5.73 Å². The van der Waals surface area contributed by atoms with E-state index >= 15 is 0 Å². The largest absolute Gasteiger partial charge is 0.496 e. The summed E-state index contributed by atoms with van der Waals surface area (Å²) in [6.07, 6.45) is 3.73. The van der Waals surface area contributed by atoms with E-state index in [9.17, 15) is 0 Å². The van der Waals surface area contributed by atoms with E-state index in [1.165, 1.54) is 0 Å². The van der Waals surface area contributed by atoms with E-state index in [-0.39, 0.29) is 0 Å². The molecule has 0 atom stereocenters. The van der Waals surface area contributed by atoms with Crippen molar-refractivity contribution < 1.29 is 9.47 Å². The van der Waals surface area contributed by atoms with Gasteiger partial charge in [-0.25, -0.2) is 0 Å². The summed E-state index contributed by atoms with van der Waals surface area (Å²) in [6, 6.07) is 1.80. The molecule has 0 bridgehead atoms. The molecule has 3 nitrogen and oxygen atoms in total. The molecule has 16 heavy (non-hydrogen) atoms. The second kappa shape index (κ2) is 5.77. The number of nitrogens with two attached hydrogens (primary N) is 1. The second-order valence-corrected chi connectivity index (χ2v) is 3.68. The number of halogens is 1. The van der Waals surface area contributed by atoms with Crippen molar-refractivity contribution in [3.63, 3.8) is 0 Å². The molecule has 0 aliphatic carbocycles. The third kappa shape index (κ3) is 2.49. The lowest BCUT2D eigenvalue weighted by atomic mass is 10.1. The smallest absolute Gasteiger partial charge is 0.144 e. The first kappa shape index (κ1) is 12.9. The number of hydrogen-bond donors (Lipinski definition) is 1. The fourth-order valence-electron chi connectivity index (χ4n) is 1.61. The van der Waals surface area contributed by atoms with Gasteiger partial charge in [0.15, 0.2) is 0 Å². The molecule has 0 fully saturated rings. The molecule has 0 aromatic heterocycles. The highest BCUT2D eigenvalue weighted by Crippen LogP contribution is 2.38. The molecular weight excluding hydrogens is 226 g/mol. The van der Waals surface area contributed by atoms with Crippen molar-refractivity contribution in [2.45, 2.75) is 6.92 Å². The summed E-state index contributed by atoms with van der Waals surface area (Å²) in [4.78, 5) is 0. The van der Waals surface area contributed by atoms with Gasteiger partial charge >= 0.3 is 0 Å². The number of hydrogen-bond acceptors (Lipinski definition) is 3. The Hall–Kier alpha value is -1.19.